The number of hydrogen-bond donors (Lipinski definition) is 2. The third kappa shape index (κ3) is 2.24. The number of aliphatic carboxylic acids is 1. The van der Waals surface area contributed by atoms with E-state index >= 15 is 0 Å². The summed E-state index contributed by atoms with van der Waals surface area (Å²) in [6.45, 7) is 2.97. The lowest BCUT2D eigenvalue weighted by molar-refractivity contribution is -0.130. The molecule has 0 spiro atoms. The summed E-state index contributed by atoms with van der Waals surface area (Å²) in [7, 11) is 0. The van der Waals surface area contributed by atoms with E-state index in [1.54, 1.807) is 0 Å². The average Bonchev–Trinajstić information content (AvgIpc) is 2.31. The second-order valence-corrected chi connectivity index (χ2v) is 2.71. The van der Waals surface area contributed by atoms with Crippen molar-refractivity contribution in [2.75, 3.05) is 6.54 Å². The van der Waals surface area contributed by atoms with E-state index in [0.29, 0.717) is 6.04 Å². The van der Waals surface area contributed by atoms with Crippen LogP contribution in [0.3, 0.4) is 0 Å². The monoisotopic (exact) mass is 153 g/mol. The Morgan fingerprint density at radius 1 is 1.73 bits per heavy atom. The van der Waals surface area contributed by atoms with E-state index in [4.69, 9.17) is 5.11 Å². The number of rotatable bonds is 0. The van der Waals surface area contributed by atoms with Crippen molar-refractivity contribution in [3.8, 4) is 11.8 Å². The molecule has 1 aliphatic heterocycles. The Kier molecular flexibility index (Phi) is 2.50. The molecular weight excluding hydrogens is 142 g/mol. The maximum atomic E-state index is 10.1. The fourth-order valence-electron chi connectivity index (χ4n) is 1.21. The van der Waals surface area contributed by atoms with Crippen molar-refractivity contribution in [2.45, 2.75) is 19.4 Å². The summed E-state index contributed by atoms with van der Waals surface area (Å²) in [5, 5.41) is 11.5. The van der Waals surface area contributed by atoms with Gasteiger partial charge in [0.15, 0.2) is 0 Å². The molecule has 2 atom stereocenters. The molecule has 1 rings (SSSR count). The number of carbonyl (C=O) groups is 1. The zero-order valence-corrected chi connectivity index (χ0v) is 6.42. The van der Waals surface area contributed by atoms with Crippen LogP contribution < -0.4 is 5.32 Å². The largest absolute Gasteiger partial charge is 0.472 e. The highest BCUT2D eigenvalue weighted by molar-refractivity contribution is 5.86. The van der Waals surface area contributed by atoms with Crippen LogP contribution in [-0.2, 0) is 4.79 Å². The van der Waals surface area contributed by atoms with E-state index in [2.05, 4.69) is 17.2 Å². The molecule has 0 aromatic heterocycles. The molecule has 0 aromatic rings. The van der Waals surface area contributed by atoms with Crippen LogP contribution in [0.25, 0.3) is 0 Å². The first kappa shape index (κ1) is 8.09. The highest BCUT2D eigenvalue weighted by Gasteiger charge is 2.20. The first-order valence-corrected chi connectivity index (χ1v) is 3.68. The molecule has 0 aromatic carbocycles. The van der Waals surface area contributed by atoms with Gasteiger partial charge in [0.25, 0.3) is 0 Å². The van der Waals surface area contributed by atoms with Crippen LogP contribution >= 0.6 is 0 Å². The van der Waals surface area contributed by atoms with Gasteiger partial charge in [-0.2, -0.15) is 0 Å². The van der Waals surface area contributed by atoms with Gasteiger partial charge in [-0.05, 0) is 19.9 Å². The molecular formula is C8H11NO2. The molecule has 0 bridgehead atoms. The molecule has 1 fully saturated rings. The maximum Gasteiger partial charge on any atom is 0.381 e. The normalized spacial score (nSPS) is 29.2. The summed E-state index contributed by atoms with van der Waals surface area (Å²) in [6.07, 6.45) is 0.960. The molecule has 0 aliphatic carbocycles. The Bertz CT molecular complexity index is 214. The zero-order valence-electron chi connectivity index (χ0n) is 6.42. The number of hydrogen-bond acceptors (Lipinski definition) is 2. The number of carboxylic acid groups (broad SMARTS) is 1. The summed E-state index contributed by atoms with van der Waals surface area (Å²) >= 11 is 0. The molecule has 2 N–H and O–H groups in total. The van der Waals surface area contributed by atoms with E-state index < -0.39 is 5.97 Å². The predicted molar refractivity (Wildman–Crippen MR) is 41.0 cm³/mol. The number of nitrogens with one attached hydrogen (secondary N) is 1. The Morgan fingerprint density at radius 2 is 2.45 bits per heavy atom. The van der Waals surface area contributed by atoms with Crippen LogP contribution in [0.4, 0.5) is 0 Å². The van der Waals surface area contributed by atoms with Crippen LogP contribution in [0.15, 0.2) is 0 Å². The van der Waals surface area contributed by atoms with Gasteiger partial charge in [-0.1, -0.05) is 5.92 Å². The first-order valence-electron chi connectivity index (χ1n) is 3.68. The van der Waals surface area contributed by atoms with Crippen molar-refractivity contribution in [3.05, 3.63) is 0 Å². The van der Waals surface area contributed by atoms with Crippen molar-refractivity contribution < 1.29 is 9.90 Å². The topological polar surface area (TPSA) is 49.3 Å². The second-order valence-electron chi connectivity index (χ2n) is 2.71. The molecule has 3 nitrogen and oxygen atoms in total. The minimum absolute atomic E-state index is 0.214. The summed E-state index contributed by atoms with van der Waals surface area (Å²) in [5.74, 6) is 4.04. The lowest BCUT2D eigenvalue weighted by Gasteiger charge is -2.05. The quantitative estimate of drug-likeness (QED) is 0.484. The highest BCUT2D eigenvalue weighted by atomic mass is 16.4. The van der Waals surface area contributed by atoms with Crippen molar-refractivity contribution >= 4 is 5.97 Å². The molecule has 0 amide bonds. The van der Waals surface area contributed by atoms with Gasteiger partial charge in [0.2, 0.25) is 0 Å². The SMILES string of the molecule is CC1NCCC1C#CC(=O)O. The molecule has 1 saturated heterocycles. The van der Waals surface area contributed by atoms with Gasteiger partial charge in [-0.25, -0.2) is 4.79 Å². The van der Waals surface area contributed by atoms with Crippen molar-refractivity contribution in [2.24, 2.45) is 5.92 Å². The van der Waals surface area contributed by atoms with E-state index in [1.807, 2.05) is 6.92 Å². The Labute approximate surface area is 65.8 Å². The van der Waals surface area contributed by atoms with Crippen molar-refractivity contribution in [3.63, 3.8) is 0 Å². The Balaban J connectivity index is 2.50. The van der Waals surface area contributed by atoms with Gasteiger partial charge in [0.1, 0.15) is 0 Å². The van der Waals surface area contributed by atoms with Gasteiger partial charge in [0.05, 0.1) is 0 Å². The van der Waals surface area contributed by atoms with Crippen LogP contribution in [0.2, 0.25) is 0 Å². The Hall–Kier alpha value is -1.01. The standard InChI is InChI=1S/C8H11NO2/c1-6-7(4-5-9-6)2-3-8(10)11/h6-7,9H,4-5H2,1H3,(H,10,11). The highest BCUT2D eigenvalue weighted by Crippen LogP contribution is 2.12. The van der Waals surface area contributed by atoms with Gasteiger partial charge in [-0.15, -0.1) is 0 Å². The zero-order chi connectivity index (χ0) is 8.27. The van der Waals surface area contributed by atoms with Crippen LogP contribution in [0.5, 0.6) is 0 Å². The van der Waals surface area contributed by atoms with E-state index in [-0.39, 0.29) is 5.92 Å². The summed E-state index contributed by atoms with van der Waals surface area (Å²) in [4.78, 5) is 10.1. The molecule has 1 heterocycles. The lowest BCUT2D eigenvalue weighted by atomic mass is 10.0. The fraction of sp³-hybridized carbons (Fsp3) is 0.625. The summed E-state index contributed by atoms with van der Waals surface area (Å²) < 4.78 is 0. The third-order valence-electron chi connectivity index (χ3n) is 1.89. The predicted octanol–water partition coefficient (Wildman–Crippen LogP) is 0.0724. The van der Waals surface area contributed by atoms with Crippen molar-refractivity contribution in [1.82, 2.24) is 5.32 Å². The Morgan fingerprint density at radius 3 is 2.91 bits per heavy atom. The lowest BCUT2D eigenvalue weighted by Crippen LogP contribution is -2.21. The second kappa shape index (κ2) is 3.40. The maximum absolute atomic E-state index is 10.1. The first-order chi connectivity index (χ1) is 5.20. The van der Waals surface area contributed by atoms with E-state index in [9.17, 15) is 4.79 Å². The van der Waals surface area contributed by atoms with Gasteiger partial charge in [-0.3, -0.25) is 0 Å². The third-order valence-corrected chi connectivity index (χ3v) is 1.89. The molecule has 60 valence electrons. The summed E-state index contributed by atoms with van der Waals surface area (Å²) in [5.41, 5.74) is 0. The smallest absolute Gasteiger partial charge is 0.381 e. The van der Waals surface area contributed by atoms with E-state index in [0.717, 1.165) is 13.0 Å². The molecule has 3 heteroatoms. The van der Waals surface area contributed by atoms with Crippen molar-refractivity contribution in [1.29, 1.82) is 0 Å². The molecule has 0 saturated carbocycles. The average molecular weight is 153 g/mol. The van der Waals surface area contributed by atoms with Gasteiger partial charge in [0, 0.05) is 17.9 Å². The van der Waals surface area contributed by atoms with Gasteiger partial charge >= 0.3 is 5.97 Å². The molecule has 1 aliphatic rings. The summed E-state index contributed by atoms with van der Waals surface area (Å²) in [6, 6.07) is 0.335. The number of carboxylic acids is 1. The molecule has 2 unspecified atom stereocenters. The molecule has 0 radical (unpaired) electrons. The van der Waals surface area contributed by atoms with Crippen LogP contribution in [0, 0.1) is 17.8 Å². The van der Waals surface area contributed by atoms with Gasteiger partial charge < -0.3 is 10.4 Å². The fourth-order valence-corrected chi connectivity index (χ4v) is 1.21. The molecule has 11 heavy (non-hydrogen) atoms. The van der Waals surface area contributed by atoms with Crippen LogP contribution in [0.1, 0.15) is 13.3 Å². The minimum Gasteiger partial charge on any atom is -0.472 e. The minimum atomic E-state index is -1.04. The van der Waals surface area contributed by atoms with Crippen LogP contribution in [-0.4, -0.2) is 23.7 Å². The van der Waals surface area contributed by atoms with E-state index in [1.165, 1.54) is 0 Å².